The summed E-state index contributed by atoms with van der Waals surface area (Å²) in [6.45, 7) is 3.63. The highest BCUT2D eigenvalue weighted by molar-refractivity contribution is 9.10. The number of fused-ring (bicyclic) bond motifs is 1. The molecule has 2 rings (SSSR count). The van der Waals surface area contributed by atoms with E-state index in [-0.39, 0.29) is 5.91 Å². The van der Waals surface area contributed by atoms with Gasteiger partial charge < -0.3 is 10.1 Å². The van der Waals surface area contributed by atoms with E-state index in [1.165, 1.54) is 0 Å². The Labute approximate surface area is 90.6 Å². The molecule has 1 aliphatic rings. The number of ether oxygens (including phenoxy) is 1. The van der Waals surface area contributed by atoms with E-state index in [0.717, 1.165) is 4.47 Å². The highest BCUT2D eigenvalue weighted by Gasteiger charge is 2.32. The Balaban J connectivity index is 2.56. The molecule has 0 aromatic heterocycles. The molecule has 1 amide bonds. The third-order valence-electron chi connectivity index (χ3n) is 1.98. The van der Waals surface area contributed by atoms with E-state index in [0.29, 0.717) is 11.3 Å². The molecule has 1 heterocycles. The van der Waals surface area contributed by atoms with Gasteiger partial charge in [-0.1, -0.05) is 6.07 Å². The minimum absolute atomic E-state index is 0.0995. The number of rotatable bonds is 0. The molecule has 74 valence electrons. The summed E-state index contributed by atoms with van der Waals surface area (Å²) in [5.41, 5.74) is -0.0766. The maximum absolute atomic E-state index is 11.6. The van der Waals surface area contributed by atoms with Gasteiger partial charge >= 0.3 is 0 Å². The van der Waals surface area contributed by atoms with Crippen LogP contribution in [0, 0.1) is 0 Å². The predicted octanol–water partition coefficient (Wildman–Crippen LogP) is 2.31. The lowest BCUT2D eigenvalue weighted by Crippen LogP contribution is -2.51. The van der Waals surface area contributed by atoms with Crippen LogP contribution in [0.25, 0.3) is 0 Å². The van der Waals surface area contributed by atoms with Gasteiger partial charge in [0.15, 0.2) is 5.72 Å². The number of para-hydroxylation sites is 1. The second-order valence-corrected chi connectivity index (χ2v) is 4.54. The molecule has 3 nitrogen and oxygen atoms in total. The molecule has 0 aliphatic carbocycles. The summed E-state index contributed by atoms with van der Waals surface area (Å²) < 4.78 is 6.45. The van der Waals surface area contributed by atoms with Crippen molar-refractivity contribution < 1.29 is 9.53 Å². The first-order valence-corrected chi connectivity index (χ1v) is 5.09. The fraction of sp³-hybridized carbons (Fsp3) is 0.300. The van der Waals surface area contributed by atoms with E-state index < -0.39 is 5.72 Å². The molecule has 0 bridgehead atoms. The van der Waals surface area contributed by atoms with Gasteiger partial charge in [-0.2, -0.15) is 0 Å². The van der Waals surface area contributed by atoms with Crippen LogP contribution in [0.4, 0.5) is 0 Å². The highest BCUT2D eigenvalue weighted by Crippen LogP contribution is 2.34. The van der Waals surface area contributed by atoms with Crippen molar-refractivity contribution in [3.8, 4) is 5.75 Å². The molecule has 0 fully saturated rings. The predicted molar refractivity (Wildman–Crippen MR) is 56.3 cm³/mol. The lowest BCUT2D eigenvalue weighted by atomic mass is 10.1. The maximum Gasteiger partial charge on any atom is 0.258 e. The van der Waals surface area contributed by atoms with Crippen molar-refractivity contribution in [2.75, 3.05) is 0 Å². The smallest absolute Gasteiger partial charge is 0.258 e. The van der Waals surface area contributed by atoms with Gasteiger partial charge in [-0.05, 0) is 41.9 Å². The summed E-state index contributed by atoms with van der Waals surface area (Å²) in [5.74, 6) is 0.513. The number of halogens is 1. The van der Waals surface area contributed by atoms with Crippen LogP contribution < -0.4 is 10.1 Å². The Morgan fingerprint density at radius 3 is 2.86 bits per heavy atom. The summed E-state index contributed by atoms with van der Waals surface area (Å²) in [4.78, 5) is 11.6. The highest BCUT2D eigenvalue weighted by atomic mass is 79.9. The molecule has 0 saturated heterocycles. The topological polar surface area (TPSA) is 38.3 Å². The number of hydrogen-bond acceptors (Lipinski definition) is 2. The van der Waals surface area contributed by atoms with Gasteiger partial charge in [-0.3, -0.25) is 4.79 Å². The van der Waals surface area contributed by atoms with Gasteiger partial charge in [0.1, 0.15) is 5.75 Å². The van der Waals surface area contributed by atoms with Gasteiger partial charge in [0.2, 0.25) is 0 Å². The summed E-state index contributed by atoms with van der Waals surface area (Å²) >= 11 is 3.36. The number of amides is 1. The largest absolute Gasteiger partial charge is 0.467 e. The SMILES string of the molecule is CC1(C)NC(=O)c2cccc(Br)c2O1. The minimum Gasteiger partial charge on any atom is -0.467 e. The molecule has 0 saturated carbocycles. The molecule has 0 spiro atoms. The molecule has 1 N–H and O–H groups in total. The first-order valence-electron chi connectivity index (χ1n) is 4.30. The lowest BCUT2D eigenvalue weighted by Gasteiger charge is -2.33. The molecule has 4 heteroatoms. The van der Waals surface area contributed by atoms with Crippen LogP contribution in [0.1, 0.15) is 24.2 Å². The molecule has 0 atom stereocenters. The van der Waals surface area contributed by atoms with Gasteiger partial charge in [-0.25, -0.2) is 0 Å². The van der Waals surface area contributed by atoms with Crippen molar-refractivity contribution in [1.29, 1.82) is 0 Å². The van der Waals surface area contributed by atoms with Crippen LogP contribution in [0.3, 0.4) is 0 Å². The minimum atomic E-state index is -0.645. The molecule has 1 aliphatic heterocycles. The van der Waals surface area contributed by atoms with Crippen molar-refractivity contribution in [2.45, 2.75) is 19.6 Å². The van der Waals surface area contributed by atoms with Gasteiger partial charge in [0.25, 0.3) is 5.91 Å². The summed E-state index contributed by atoms with van der Waals surface area (Å²) in [6.07, 6.45) is 0. The molecule has 1 aromatic carbocycles. The Hall–Kier alpha value is -1.03. The lowest BCUT2D eigenvalue weighted by molar-refractivity contribution is 0.0427. The Kier molecular flexibility index (Phi) is 2.03. The summed E-state index contributed by atoms with van der Waals surface area (Å²) in [7, 11) is 0. The van der Waals surface area contributed by atoms with Crippen LogP contribution in [0.2, 0.25) is 0 Å². The van der Waals surface area contributed by atoms with Gasteiger partial charge in [0, 0.05) is 0 Å². The molecule has 14 heavy (non-hydrogen) atoms. The van der Waals surface area contributed by atoms with Crippen molar-refractivity contribution in [3.63, 3.8) is 0 Å². The molecule has 1 aromatic rings. The van der Waals surface area contributed by atoms with E-state index in [1.807, 2.05) is 26.0 Å². The second-order valence-electron chi connectivity index (χ2n) is 3.68. The zero-order valence-corrected chi connectivity index (χ0v) is 9.51. The Morgan fingerprint density at radius 1 is 1.43 bits per heavy atom. The number of benzene rings is 1. The van der Waals surface area contributed by atoms with E-state index >= 15 is 0 Å². The monoisotopic (exact) mass is 255 g/mol. The standard InChI is InChI=1S/C10H10BrNO2/c1-10(2)12-9(13)6-4-3-5-7(11)8(6)14-10/h3-5H,1-2H3,(H,12,13). The average molecular weight is 256 g/mol. The number of nitrogens with one attached hydrogen (secondary N) is 1. The first kappa shape index (κ1) is 9.52. The van der Waals surface area contributed by atoms with Crippen molar-refractivity contribution >= 4 is 21.8 Å². The average Bonchev–Trinajstić information content (AvgIpc) is 2.05. The normalized spacial score (nSPS) is 18.1. The number of hydrogen-bond donors (Lipinski definition) is 1. The van der Waals surface area contributed by atoms with Crippen LogP contribution >= 0.6 is 15.9 Å². The first-order chi connectivity index (χ1) is 6.49. The van der Waals surface area contributed by atoms with E-state index in [2.05, 4.69) is 21.2 Å². The zero-order chi connectivity index (χ0) is 10.3. The van der Waals surface area contributed by atoms with Crippen molar-refractivity contribution in [1.82, 2.24) is 5.32 Å². The van der Waals surface area contributed by atoms with E-state index in [4.69, 9.17) is 4.74 Å². The molecule has 0 radical (unpaired) electrons. The van der Waals surface area contributed by atoms with Gasteiger partial charge in [0.05, 0.1) is 10.0 Å². The van der Waals surface area contributed by atoms with Crippen LogP contribution in [0.15, 0.2) is 22.7 Å². The van der Waals surface area contributed by atoms with E-state index in [1.54, 1.807) is 6.07 Å². The molecule has 0 unspecified atom stereocenters. The summed E-state index contributed by atoms with van der Waals surface area (Å²) in [6, 6.07) is 5.41. The number of carbonyl (C=O) groups is 1. The quantitative estimate of drug-likeness (QED) is 0.773. The van der Waals surface area contributed by atoms with Crippen molar-refractivity contribution in [3.05, 3.63) is 28.2 Å². The molecular formula is C10H10BrNO2. The Morgan fingerprint density at radius 2 is 2.14 bits per heavy atom. The fourth-order valence-electron chi connectivity index (χ4n) is 1.41. The third kappa shape index (κ3) is 1.50. The summed E-state index contributed by atoms with van der Waals surface area (Å²) in [5, 5.41) is 2.76. The molecular weight excluding hydrogens is 246 g/mol. The zero-order valence-electron chi connectivity index (χ0n) is 7.93. The van der Waals surface area contributed by atoms with Crippen LogP contribution in [0.5, 0.6) is 5.75 Å². The van der Waals surface area contributed by atoms with Gasteiger partial charge in [-0.15, -0.1) is 0 Å². The number of carbonyl (C=O) groups excluding carboxylic acids is 1. The third-order valence-corrected chi connectivity index (χ3v) is 2.61. The second kappa shape index (κ2) is 2.98. The van der Waals surface area contributed by atoms with Crippen LogP contribution in [-0.2, 0) is 0 Å². The van der Waals surface area contributed by atoms with Crippen LogP contribution in [-0.4, -0.2) is 11.6 Å². The Bertz CT molecular complexity index is 401. The fourth-order valence-corrected chi connectivity index (χ4v) is 1.86. The maximum atomic E-state index is 11.6. The van der Waals surface area contributed by atoms with E-state index in [9.17, 15) is 4.79 Å². The van der Waals surface area contributed by atoms with Crippen molar-refractivity contribution in [2.24, 2.45) is 0 Å².